The molecule has 0 unspecified atom stereocenters. The summed E-state index contributed by atoms with van der Waals surface area (Å²) in [6.45, 7) is 5.22. The van der Waals surface area contributed by atoms with Crippen molar-refractivity contribution in [3.05, 3.63) is 11.4 Å². The SMILES string of the molecule is CCn1nc(C)c(C(=O)N2CCC(C(=O)O)CC2)n1. The van der Waals surface area contributed by atoms with Crippen LogP contribution < -0.4 is 0 Å². The number of amides is 1. The first-order chi connectivity index (χ1) is 9.02. The Balaban J connectivity index is 2.05. The standard InChI is InChI=1S/C12H18N4O3/c1-3-16-13-8(2)10(14-16)11(17)15-6-4-9(5-7-15)12(18)19/h9H,3-7H2,1-2H3,(H,18,19). The van der Waals surface area contributed by atoms with Gasteiger partial charge in [-0.05, 0) is 26.7 Å². The molecule has 0 spiro atoms. The molecular weight excluding hydrogens is 248 g/mol. The molecule has 2 heterocycles. The Hall–Kier alpha value is -1.92. The first-order valence-corrected chi connectivity index (χ1v) is 6.46. The maximum Gasteiger partial charge on any atom is 0.306 e. The lowest BCUT2D eigenvalue weighted by molar-refractivity contribution is -0.143. The highest BCUT2D eigenvalue weighted by Gasteiger charge is 2.29. The summed E-state index contributed by atoms with van der Waals surface area (Å²) in [4.78, 5) is 26.3. The van der Waals surface area contributed by atoms with Crippen LogP contribution in [0.2, 0.25) is 0 Å². The van der Waals surface area contributed by atoms with Crippen molar-refractivity contribution < 1.29 is 14.7 Å². The van der Waals surface area contributed by atoms with Gasteiger partial charge in [0.15, 0.2) is 5.69 Å². The van der Waals surface area contributed by atoms with Crippen molar-refractivity contribution in [2.24, 2.45) is 5.92 Å². The van der Waals surface area contributed by atoms with Gasteiger partial charge in [0.05, 0.1) is 18.2 Å². The fourth-order valence-electron chi connectivity index (χ4n) is 2.25. The number of hydrogen-bond donors (Lipinski definition) is 1. The second kappa shape index (κ2) is 5.38. The van der Waals surface area contributed by atoms with Crippen LogP contribution >= 0.6 is 0 Å². The van der Waals surface area contributed by atoms with Gasteiger partial charge in [-0.1, -0.05) is 0 Å². The Morgan fingerprint density at radius 2 is 1.95 bits per heavy atom. The van der Waals surface area contributed by atoms with Crippen LogP contribution in [0.3, 0.4) is 0 Å². The zero-order chi connectivity index (χ0) is 14.0. The van der Waals surface area contributed by atoms with Gasteiger partial charge < -0.3 is 10.0 Å². The van der Waals surface area contributed by atoms with E-state index in [1.165, 1.54) is 4.80 Å². The number of carboxylic acid groups (broad SMARTS) is 1. The quantitative estimate of drug-likeness (QED) is 0.862. The molecule has 0 aliphatic carbocycles. The second-order valence-corrected chi connectivity index (χ2v) is 4.73. The van der Waals surface area contributed by atoms with Gasteiger partial charge in [-0.3, -0.25) is 9.59 Å². The van der Waals surface area contributed by atoms with Gasteiger partial charge in [-0.15, -0.1) is 5.10 Å². The fraction of sp³-hybridized carbons (Fsp3) is 0.667. The second-order valence-electron chi connectivity index (χ2n) is 4.73. The topological polar surface area (TPSA) is 88.3 Å². The van der Waals surface area contributed by atoms with E-state index in [2.05, 4.69) is 10.2 Å². The molecule has 104 valence electrons. The van der Waals surface area contributed by atoms with Crippen LogP contribution in [0.4, 0.5) is 0 Å². The molecule has 0 aromatic carbocycles. The van der Waals surface area contributed by atoms with Gasteiger partial charge in [0.1, 0.15) is 0 Å². The van der Waals surface area contributed by atoms with Crippen LogP contribution in [-0.2, 0) is 11.3 Å². The molecule has 1 aromatic rings. The third-order valence-corrected chi connectivity index (χ3v) is 3.44. The Morgan fingerprint density at radius 3 is 2.42 bits per heavy atom. The maximum atomic E-state index is 12.3. The number of piperidine rings is 1. The predicted molar refractivity (Wildman–Crippen MR) is 66.7 cm³/mol. The van der Waals surface area contributed by atoms with Crippen LogP contribution in [0.1, 0.15) is 35.9 Å². The van der Waals surface area contributed by atoms with E-state index in [9.17, 15) is 9.59 Å². The number of likely N-dealkylation sites (tertiary alicyclic amines) is 1. The molecule has 1 aliphatic rings. The Kier molecular flexibility index (Phi) is 3.82. The summed E-state index contributed by atoms with van der Waals surface area (Å²) in [6, 6.07) is 0. The maximum absolute atomic E-state index is 12.3. The van der Waals surface area contributed by atoms with Crippen molar-refractivity contribution >= 4 is 11.9 Å². The number of carboxylic acids is 1. The number of hydrogen-bond acceptors (Lipinski definition) is 4. The summed E-state index contributed by atoms with van der Waals surface area (Å²) >= 11 is 0. The van der Waals surface area contributed by atoms with E-state index >= 15 is 0 Å². The zero-order valence-electron chi connectivity index (χ0n) is 11.2. The lowest BCUT2D eigenvalue weighted by atomic mass is 9.97. The van der Waals surface area contributed by atoms with Crippen molar-refractivity contribution in [3.63, 3.8) is 0 Å². The largest absolute Gasteiger partial charge is 0.481 e. The molecule has 1 aromatic heterocycles. The van der Waals surface area contributed by atoms with Crippen molar-refractivity contribution in [2.75, 3.05) is 13.1 Å². The first-order valence-electron chi connectivity index (χ1n) is 6.46. The number of aryl methyl sites for hydroxylation is 2. The molecule has 1 aliphatic heterocycles. The number of aromatic nitrogens is 3. The molecular formula is C12H18N4O3. The van der Waals surface area contributed by atoms with E-state index in [4.69, 9.17) is 5.11 Å². The van der Waals surface area contributed by atoms with E-state index in [1.54, 1.807) is 11.8 Å². The van der Waals surface area contributed by atoms with E-state index in [-0.39, 0.29) is 11.8 Å². The highest BCUT2D eigenvalue weighted by atomic mass is 16.4. The highest BCUT2D eigenvalue weighted by Crippen LogP contribution is 2.19. The minimum absolute atomic E-state index is 0.152. The highest BCUT2D eigenvalue weighted by molar-refractivity contribution is 5.93. The van der Waals surface area contributed by atoms with Gasteiger partial charge in [-0.2, -0.15) is 9.90 Å². The molecule has 19 heavy (non-hydrogen) atoms. The van der Waals surface area contributed by atoms with Crippen LogP contribution in [-0.4, -0.2) is 50.0 Å². The van der Waals surface area contributed by atoms with E-state index < -0.39 is 5.97 Å². The third-order valence-electron chi connectivity index (χ3n) is 3.44. The molecule has 0 atom stereocenters. The van der Waals surface area contributed by atoms with Crippen molar-refractivity contribution in [1.82, 2.24) is 19.9 Å². The lowest BCUT2D eigenvalue weighted by Crippen LogP contribution is -2.40. The number of carbonyl (C=O) groups excluding carboxylic acids is 1. The normalized spacial score (nSPS) is 16.6. The third kappa shape index (κ3) is 2.74. The van der Waals surface area contributed by atoms with Crippen LogP contribution in [0, 0.1) is 12.8 Å². The van der Waals surface area contributed by atoms with Crippen LogP contribution in [0.5, 0.6) is 0 Å². The molecule has 7 heteroatoms. The van der Waals surface area contributed by atoms with E-state index in [0.29, 0.717) is 43.9 Å². The predicted octanol–water partition coefficient (Wildman–Crippen LogP) is 0.543. The fourth-order valence-corrected chi connectivity index (χ4v) is 2.25. The van der Waals surface area contributed by atoms with Gasteiger partial charge in [0, 0.05) is 13.1 Å². The van der Waals surface area contributed by atoms with Crippen LogP contribution in [0.15, 0.2) is 0 Å². The van der Waals surface area contributed by atoms with Gasteiger partial charge in [0.2, 0.25) is 0 Å². The summed E-state index contributed by atoms with van der Waals surface area (Å²) in [5, 5.41) is 17.2. The first kappa shape index (κ1) is 13.5. The van der Waals surface area contributed by atoms with E-state index in [1.807, 2.05) is 6.92 Å². The molecule has 2 rings (SSSR count). The number of aliphatic carboxylic acids is 1. The number of rotatable bonds is 3. The molecule has 7 nitrogen and oxygen atoms in total. The number of carbonyl (C=O) groups is 2. The Bertz CT molecular complexity index is 489. The summed E-state index contributed by atoms with van der Waals surface area (Å²) in [5.74, 6) is -1.27. The Morgan fingerprint density at radius 1 is 1.32 bits per heavy atom. The minimum Gasteiger partial charge on any atom is -0.481 e. The smallest absolute Gasteiger partial charge is 0.306 e. The molecule has 0 bridgehead atoms. The van der Waals surface area contributed by atoms with Gasteiger partial charge >= 0.3 is 5.97 Å². The summed E-state index contributed by atoms with van der Waals surface area (Å²) in [7, 11) is 0. The van der Waals surface area contributed by atoms with Crippen molar-refractivity contribution in [1.29, 1.82) is 0 Å². The molecule has 0 radical (unpaired) electrons. The lowest BCUT2D eigenvalue weighted by Gasteiger charge is -2.29. The molecule has 1 fully saturated rings. The molecule has 1 amide bonds. The van der Waals surface area contributed by atoms with Gasteiger partial charge in [0.25, 0.3) is 5.91 Å². The average Bonchev–Trinajstić information content (AvgIpc) is 2.79. The Labute approximate surface area is 111 Å². The summed E-state index contributed by atoms with van der Waals surface area (Å²) in [6.07, 6.45) is 1.00. The van der Waals surface area contributed by atoms with Crippen molar-refractivity contribution in [2.45, 2.75) is 33.2 Å². The van der Waals surface area contributed by atoms with Crippen molar-refractivity contribution in [3.8, 4) is 0 Å². The molecule has 0 saturated carbocycles. The summed E-state index contributed by atoms with van der Waals surface area (Å²) in [5.41, 5.74) is 0.989. The zero-order valence-corrected chi connectivity index (χ0v) is 11.2. The summed E-state index contributed by atoms with van der Waals surface area (Å²) < 4.78 is 0. The number of nitrogens with zero attached hydrogens (tertiary/aromatic N) is 4. The monoisotopic (exact) mass is 266 g/mol. The molecule has 1 N–H and O–H groups in total. The average molecular weight is 266 g/mol. The molecule has 1 saturated heterocycles. The minimum atomic E-state index is -0.778. The van der Waals surface area contributed by atoms with Crippen LogP contribution in [0.25, 0.3) is 0 Å². The van der Waals surface area contributed by atoms with E-state index in [0.717, 1.165) is 0 Å². The van der Waals surface area contributed by atoms with Gasteiger partial charge in [-0.25, -0.2) is 0 Å².